The summed E-state index contributed by atoms with van der Waals surface area (Å²) in [6.45, 7) is 3.76. The second kappa shape index (κ2) is 14.6. The standard InChI is InChI=1S/C36H47N7O6S/c1-50(47,48)42-19-10-27(11-20-42)26-8-15-40(16-9-26)34(44)33(23-25-6-7-32-29(22-25)24-37-39-32)49-36(46)41-17-13-30(14-18-41)43-21-12-28-4-2-3-5-31(28)38-35(43)45/h2-7,22,24,26-27,30,33H,8-21,23H2,1H3,(H,37,39)(H,38,45)/t33-/m1/s1. The molecule has 4 amide bonds. The SMILES string of the molecule is CS(=O)(=O)N1CCC(C2CCN(C(=O)[C@@H](Cc3ccc4[nH]ncc4c3)OC(=O)N3CCC(N4CCc5ccccc5NC4=O)CC3)CC2)CC1. The number of sulfonamides is 1. The highest BCUT2D eigenvalue weighted by Gasteiger charge is 2.37. The van der Waals surface area contributed by atoms with Crippen molar-refractivity contribution >= 4 is 44.6 Å². The molecule has 0 aliphatic carbocycles. The molecule has 0 bridgehead atoms. The third-order valence-corrected chi connectivity index (χ3v) is 12.5. The highest BCUT2D eigenvalue weighted by atomic mass is 32.2. The number of nitrogens with one attached hydrogen (secondary N) is 2. The van der Waals surface area contributed by atoms with E-state index in [0.717, 1.165) is 59.8 Å². The molecule has 7 rings (SSSR count). The van der Waals surface area contributed by atoms with Crippen molar-refractivity contribution < 1.29 is 27.5 Å². The molecule has 4 aliphatic rings. The van der Waals surface area contributed by atoms with Crippen molar-refractivity contribution in [3.63, 3.8) is 0 Å². The number of para-hydroxylation sites is 1. The van der Waals surface area contributed by atoms with Gasteiger partial charge >= 0.3 is 12.1 Å². The minimum Gasteiger partial charge on any atom is -0.436 e. The fourth-order valence-electron chi connectivity index (χ4n) is 8.28. The molecule has 3 saturated heterocycles. The van der Waals surface area contributed by atoms with Gasteiger partial charge in [-0.05, 0) is 86.1 Å². The zero-order valence-electron chi connectivity index (χ0n) is 28.6. The van der Waals surface area contributed by atoms with Crippen LogP contribution < -0.4 is 5.32 Å². The van der Waals surface area contributed by atoms with E-state index in [1.165, 1.54) is 6.26 Å². The molecule has 0 radical (unpaired) electrons. The van der Waals surface area contributed by atoms with Crippen molar-refractivity contribution in [2.45, 2.75) is 63.5 Å². The smallest absolute Gasteiger partial charge is 0.410 e. The van der Waals surface area contributed by atoms with E-state index in [4.69, 9.17) is 4.74 Å². The van der Waals surface area contributed by atoms with Crippen LogP contribution in [0.5, 0.6) is 0 Å². The number of piperidine rings is 3. The maximum atomic E-state index is 14.1. The number of hydrogen-bond donors (Lipinski definition) is 2. The Balaban J connectivity index is 0.971. The lowest BCUT2D eigenvalue weighted by molar-refractivity contribution is -0.142. The molecule has 14 heteroatoms. The quantitative estimate of drug-likeness (QED) is 0.377. The van der Waals surface area contributed by atoms with Crippen molar-refractivity contribution in [1.29, 1.82) is 0 Å². The number of aromatic nitrogens is 2. The van der Waals surface area contributed by atoms with E-state index in [1.807, 2.05) is 52.3 Å². The summed E-state index contributed by atoms with van der Waals surface area (Å²) >= 11 is 0. The van der Waals surface area contributed by atoms with Crippen molar-refractivity contribution in [2.75, 3.05) is 57.4 Å². The van der Waals surface area contributed by atoms with Crippen LogP contribution in [0.15, 0.2) is 48.7 Å². The lowest BCUT2D eigenvalue weighted by Crippen LogP contribution is -2.52. The van der Waals surface area contributed by atoms with Crippen LogP contribution in [0, 0.1) is 11.8 Å². The van der Waals surface area contributed by atoms with Crippen LogP contribution in [0.4, 0.5) is 15.3 Å². The van der Waals surface area contributed by atoms with E-state index in [0.29, 0.717) is 70.5 Å². The molecule has 13 nitrogen and oxygen atoms in total. The monoisotopic (exact) mass is 705 g/mol. The van der Waals surface area contributed by atoms with Crippen LogP contribution in [0.3, 0.4) is 0 Å². The molecule has 0 unspecified atom stereocenters. The average molecular weight is 706 g/mol. The van der Waals surface area contributed by atoms with Gasteiger partial charge in [0, 0.05) is 69.3 Å². The third kappa shape index (κ3) is 7.60. The zero-order valence-corrected chi connectivity index (χ0v) is 29.4. The fourth-order valence-corrected chi connectivity index (χ4v) is 9.15. The molecular formula is C36H47N7O6S. The summed E-state index contributed by atoms with van der Waals surface area (Å²) in [6.07, 6.45) is 7.18. The van der Waals surface area contributed by atoms with Crippen molar-refractivity contribution in [3.8, 4) is 0 Å². The largest absolute Gasteiger partial charge is 0.436 e. The second-order valence-corrected chi connectivity index (χ2v) is 16.3. The minimum absolute atomic E-state index is 0.00684. The minimum atomic E-state index is -3.17. The number of H-pyrrole nitrogens is 1. The predicted octanol–water partition coefficient (Wildman–Crippen LogP) is 4.08. The number of urea groups is 1. The summed E-state index contributed by atoms with van der Waals surface area (Å²) in [5.74, 6) is 0.692. The Kier molecular flexibility index (Phi) is 10.0. The van der Waals surface area contributed by atoms with Gasteiger partial charge in [0.1, 0.15) is 0 Å². The van der Waals surface area contributed by atoms with Gasteiger partial charge in [-0.15, -0.1) is 0 Å². The molecule has 4 aliphatic heterocycles. The van der Waals surface area contributed by atoms with E-state index in [2.05, 4.69) is 15.5 Å². The van der Waals surface area contributed by atoms with Gasteiger partial charge in [-0.3, -0.25) is 9.89 Å². The summed E-state index contributed by atoms with van der Waals surface area (Å²) in [6, 6.07) is 13.6. The Hall–Kier alpha value is -4.17. The first-order valence-corrected chi connectivity index (χ1v) is 19.7. The van der Waals surface area contributed by atoms with E-state index in [9.17, 15) is 22.8 Å². The Morgan fingerprint density at radius 2 is 1.58 bits per heavy atom. The molecule has 3 aromatic rings. The third-order valence-electron chi connectivity index (χ3n) is 11.2. The summed E-state index contributed by atoms with van der Waals surface area (Å²) in [5.41, 5.74) is 3.74. The van der Waals surface area contributed by atoms with Gasteiger partial charge in [-0.25, -0.2) is 22.3 Å². The number of hydrogen-bond acceptors (Lipinski definition) is 7. The van der Waals surface area contributed by atoms with Gasteiger partial charge in [-0.2, -0.15) is 5.10 Å². The van der Waals surface area contributed by atoms with Crippen molar-refractivity contribution in [3.05, 3.63) is 59.8 Å². The molecule has 0 spiro atoms. The number of likely N-dealkylation sites (tertiary alicyclic amines) is 2. The first kappa shape index (κ1) is 34.3. The number of carbonyl (C=O) groups is 3. The van der Waals surface area contributed by atoms with Crippen molar-refractivity contribution in [1.82, 2.24) is 29.2 Å². The van der Waals surface area contributed by atoms with E-state index >= 15 is 0 Å². The second-order valence-electron chi connectivity index (χ2n) is 14.3. The fraction of sp³-hybridized carbons (Fsp3) is 0.556. The van der Waals surface area contributed by atoms with Gasteiger partial charge in [0.2, 0.25) is 10.0 Å². The lowest BCUT2D eigenvalue weighted by atomic mass is 9.79. The number of aromatic amines is 1. The molecule has 268 valence electrons. The number of benzene rings is 2. The zero-order chi connectivity index (χ0) is 34.8. The van der Waals surface area contributed by atoms with Crippen LogP contribution in [0.2, 0.25) is 0 Å². The molecule has 50 heavy (non-hydrogen) atoms. The topological polar surface area (TPSA) is 148 Å². The Bertz CT molecular complexity index is 1810. The van der Waals surface area contributed by atoms with Gasteiger partial charge in [0.05, 0.1) is 18.0 Å². The molecule has 2 N–H and O–H groups in total. The molecule has 0 saturated carbocycles. The van der Waals surface area contributed by atoms with Crippen molar-refractivity contribution in [2.24, 2.45) is 11.8 Å². The first-order valence-electron chi connectivity index (χ1n) is 17.9. The van der Waals surface area contributed by atoms with Crippen LogP contribution in [-0.2, 0) is 32.4 Å². The van der Waals surface area contributed by atoms with Crippen LogP contribution in [0.1, 0.15) is 49.7 Å². The highest BCUT2D eigenvalue weighted by Crippen LogP contribution is 2.34. The Morgan fingerprint density at radius 3 is 2.30 bits per heavy atom. The normalized spacial score (nSPS) is 21.1. The van der Waals surface area contributed by atoms with Gasteiger partial charge in [0.25, 0.3) is 5.91 Å². The number of anilines is 1. The van der Waals surface area contributed by atoms with Gasteiger partial charge in [0.15, 0.2) is 6.10 Å². The average Bonchev–Trinajstić information content (AvgIpc) is 3.53. The summed E-state index contributed by atoms with van der Waals surface area (Å²) in [5, 5.41) is 11.0. The highest BCUT2D eigenvalue weighted by molar-refractivity contribution is 7.88. The summed E-state index contributed by atoms with van der Waals surface area (Å²) < 4.78 is 31.6. The molecule has 2 aromatic carbocycles. The van der Waals surface area contributed by atoms with Crippen LogP contribution in [-0.4, -0.2) is 120 Å². The van der Waals surface area contributed by atoms with Gasteiger partial charge in [-0.1, -0.05) is 24.3 Å². The Labute approximate surface area is 293 Å². The van der Waals surface area contributed by atoms with E-state index in [-0.39, 0.29) is 24.4 Å². The molecule has 5 heterocycles. The summed E-state index contributed by atoms with van der Waals surface area (Å²) in [7, 11) is -3.17. The summed E-state index contributed by atoms with van der Waals surface area (Å²) in [4.78, 5) is 46.2. The number of ether oxygens (including phenoxy) is 1. The molecule has 1 atom stereocenters. The molecular weight excluding hydrogens is 659 g/mol. The molecule has 3 fully saturated rings. The number of nitrogens with zero attached hydrogens (tertiary/aromatic N) is 5. The van der Waals surface area contributed by atoms with Crippen LogP contribution >= 0.6 is 0 Å². The maximum Gasteiger partial charge on any atom is 0.410 e. The number of carbonyl (C=O) groups excluding carboxylic acids is 3. The van der Waals surface area contributed by atoms with E-state index in [1.54, 1.807) is 15.4 Å². The van der Waals surface area contributed by atoms with Gasteiger partial charge < -0.3 is 24.8 Å². The Morgan fingerprint density at radius 1 is 0.900 bits per heavy atom. The number of amides is 4. The number of rotatable bonds is 7. The molecule has 1 aromatic heterocycles. The lowest BCUT2D eigenvalue weighted by Gasteiger charge is -2.40. The predicted molar refractivity (Wildman–Crippen MR) is 189 cm³/mol. The number of fused-ring (bicyclic) bond motifs is 2. The van der Waals surface area contributed by atoms with Crippen LogP contribution in [0.25, 0.3) is 10.9 Å². The maximum absolute atomic E-state index is 14.1. The first-order chi connectivity index (χ1) is 24.1. The van der Waals surface area contributed by atoms with E-state index < -0.39 is 22.2 Å².